The second-order valence-electron chi connectivity index (χ2n) is 12.6. The molecule has 6 rings (SSSR count). The van der Waals surface area contributed by atoms with Gasteiger partial charge in [0.15, 0.2) is 0 Å². The van der Waals surface area contributed by atoms with Gasteiger partial charge in [-0.1, -0.05) is 19.9 Å². The van der Waals surface area contributed by atoms with Crippen LogP contribution in [0.4, 0.5) is 14.9 Å². The second-order valence-corrected chi connectivity index (χ2v) is 12.6. The molecule has 3 amide bonds. The van der Waals surface area contributed by atoms with E-state index in [0.29, 0.717) is 55.9 Å². The third-order valence-corrected chi connectivity index (χ3v) is 8.84. The van der Waals surface area contributed by atoms with E-state index in [1.807, 2.05) is 12.1 Å². The molecular weight excluding hydrogens is 537 g/mol. The van der Waals surface area contributed by atoms with Gasteiger partial charge in [0.1, 0.15) is 5.82 Å². The van der Waals surface area contributed by atoms with Gasteiger partial charge in [-0.2, -0.15) is 0 Å². The highest BCUT2D eigenvalue weighted by Gasteiger charge is 2.35. The highest BCUT2D eigenvalue weighted by molar-refractivity contribution is 6.06. The first-order chi connectivity index (χ1) is 20.1. The molecule has 10 heteroatoms. The second kappa shape index (κ2) is 11.1. The van der Waals surface area contributed by atoms with Crippen molar-refractivity contribution in [3.05, 3.63) is 53.5 Å². The van der Waals surface area contributed by atoms with Gasteiger partial charge in [-0.15, -0.1) is 0 Å². The van der Waals surface area contributed by atoms with Gasteiger partial charge >= 0.3 is 6.03 Å². The lowest BCUT2D eigenvalue weighted by Gasteiger charge is -2.33. The highest BCUT2D eigenvalue weighted by Crippen LogP contribution is 2.43. The largest absolute Gasteiger partial charge is 0.382 e. The molecule has 0 unspecified atom stereocenters. The summed E-state index contributed by atoms with van der Waals surface area (Å²) in [6.07, 6.45) is 4.32. The Morgan fingerprint density at radius 2 is 1.71 bits per heavy atom. The number of carbonyl (C=O) groups is 3. The van der Waals surface area contributed by atoms with E-state index >= 15 is 0 Å². The predicted molar refractivity (Wildman–Crippen MR) is 159 cm³/mol. The van der Waals surface area contributed by atoms with Crippen LogP contribution in [0.1, 0.15) is 66.8 Å². The first-order valence-corrected chi connectivity index (χ1v) is 14.8. The summed E-state index contributed by atoms with van der Waals surface area (Å²) < 4.78 is 21.3. The first kappa shape index (κ1) is 28.2. The monoisotopic (exact) mass is 575 g/mol. The summed E-state index contributed by atoms with van der Waals surface area (Å²) in [5.74, 6) is -0.972. The lowest BCUT2D eigenvalue weighted by atomic mass is 9.80. The van der Waals surface area contributed by atoms with E-state index in [4.69, 9.17) is 10.5 Å². The fourth-order valence-corrected chi connectivity index (χ4v) is 6.76. The molecule has 1 aliphatic carbocycles. The first-order valence-electron chi connectivity index (χ1n) is 14.8. The van der Waals surface area contributed by atoms with Crippen molar-refractivity contribution in [1.82, 2.24) is 14.8 Å². The van der Waals surface area contributed by atoms with Gasteiger partial charge in [-0.05, 0) is 73.4 Å². The highest BCUT2D eigenvalue weighted by atomic mass is 19.1. The van der Waals surface area contributed by atoms with Crippen molar-refractivity contribution < 1.29 is 23.5 Å². The molecule has 0 bridgehead atoms. The van der Waals surface area contributed by atoms with Crippen LogP contribution in [0.3, 0.4) is 0 Å². The Labute approximate surface area is 244 Å². The Kier molecular flexibility index (Phi) is 7.43. The molecule has 0 spiro atoms. The van der Waals surface area contributed by atoms with Crippen molar-refractivity contribution in [1.29, 1.82) is 0 Å². The van der Waals surface area contributed by atoms with Crippen molar-refractivity contribution in [2.45, 2.75) is 64.5 Å². The maximum atomic E-state index is 14.3. The summed E-state index contributed by atoms with van der Waals surface area (Å²) in [7, 11) is 0. The third kappa shape index (κ3) is 5.47. The lowest BCUT2D eigenvalue weighted by molar-refractivity contribution is 0.0521. The number of fused-ring (bicyclic) bond motifs is 3. The minimum absolute atomic E-state index is 0.0388. The van der Waals surface area contributed by atoms with Gasteiger partial charge in [0.2, 0.25) is 5.91 Å². The fraction of sp³-hybridized carbons (Fsp3) is 0.469. The number of carbonyl (C=O) groups excluding carboxylic acids is 3. The van der Waals surface area contributed by atoms with Crippen LogP contribution in [-0.2, 0) is 11.2 Å². The Bertz CT molecular complexity index is 1550. The number of ether oxygens (including phenoxy) is 1. The fourth-order valence-electron chi connectivity index (χ4n) is 6.76. The van der Waals surface area contributed by atoms with Crippen LogP contribution in [0.2, 0.25) is 0 Å². The van der Waals surface area contributed by atoms with Crippen LogP contribution in [0, 0.1) is 11.2 Å². The van der Waals surface area contributed by atoms with Crippen LogP contribution in [-0.4, -0.2) is 65.7 Å². The van der Waals surface area contributed by atoms with Gasteiger partial charge in [-0.3, -0.25) is 14.2 Å². The summed E-state index contributed by atoms with van der Waals surface area (Å²) in [5, 5.41) is 7.52. The number of nitrogens with two attached hydrogens (primary N) is 1. The average molecular weight is 576 g/mol. The standard InChI is InChI=1S/C32H38FN5O4/c1-32(2)17-27-29(24-10-4-20(33)16-26(24)38(27)28(39)18-32)19-3-9-23(30(34)40)25(15-19)35-21-5-7-22(8-6-21)36-31(41)37-11-13-42-14-12-37/h3-4,9-10,15-16,21-22,35H,5-8,11-14,17-18H2,1-2H3,(H2,34,40)(H,36,41). The minimum Gasteiger partial charge on any atom is -0.382 e. The molecular formula is C32H38FN5O4. The molecule has 42 heavy (non-hydrogen) atoms. The van der Waals surface area contributed by atoms with Crippen LogP contribution in [0.25, 0.3) is 22.0 Å². The number of rotatable bonds is 5. The van der Waals surface area contributed by atoms with Crippen LogP contribution >= 0.6 is 0 Å². The normalized spacial score (nSPS) is 22.1. The van der Waals surface area contributed by atoms with Crippen LogP contribution < -0.4 is 16.4 Å². The van der Waals surface area contributed by atoms with Gasteiger partial charge in [-0.25, -0.2) is 9.18 Å². The molecule has 222 valence electrons. The number of aromatic nitrogens is 1. The topological polar surface area (TPSA) is 119 Å². The number of primary amides is 1. The van der Waals surface area contributed by atoms with E-state index in [-0.39, 0.29) is 29.4 Å². The molecule has 2 aliphatic heterocycles. The van der Waals surface area contributed by atoms with E-state index in [0.717, 1.165) is 47.9 Å². The maximum absolute atomic E-state index is 14.3. The van der Waals surface area contributed by atoms with Crippen LogP contribution in [0.5, 0.6) is 0 Å². The number of anilines is 1. The number of hydrogen-bond donors (Lipinski definition) is 3. The molecule has 3 aliphatic rings. The zero-order valence-electron chi connectivity index (χ0n) is 24.2. The molecule has 1 aromatic heterocycles. The van der Waals surface area contributed by atoms with Crippen LogP contribution in [0.15, 0.2) is 36.4 Å². The molecule has 0 atom stereocenters. The lowest BCUT2D eigenvalue weighted by Crippen LogP contribution is -2.50. The summed E-state index contributed by atoms with van der Waals surface area (Å²) in [6, 6.07) is 10.2. The smallest absolute Gasteiger partial charge is 0.317 e. The van der Waals surface area contributed by atoms with Gasteiger partial charge in [0.05, 0.1) is 24.3 Å². The molecule has 0 radical (unpaired) electrons. The Hall–Kier alpha value is -3.92. The number of halogens is 1. The van der Waals surface area contributed by atoms with Crippen molar-refractivity contribution in [3.8, 4) is 11.1 Å². The van der Waals surface area contributed by atoms with E-state index in [2.05, 4.69) is 24.5 Å². The molecule has 9 nitrogen and oxygen atoms in total. The molecule has 4 N–H and O–H groups in total. The summed E-state index contributed by atoms with van der Waals surface area (Å²) in [5.41, 5.74) is 9.69. The molecule has 2 fully saturated rings. The Morgan fingerprint density at radius 1 is 1.00 bits per heavy atom. The van der Waals surface area contributed by atoms with Gasteiger partial charge < -0.3 is 26.0 Å². The molecule has 3 heterocycles. The number of urea groups is 1. The SMILES string of the molecule is CC1(C)CC(=O)n2c(c(-c3ccc(C(N)=O)c(NC4CCC(NC(=O)N5CCOCC5)CC4)c3)c3ccc(F)cc32)C1. The Morgan fingerprint density at radius 3 is 2.43 bits per heavy atom. The number of morpholine rings is 1. The van der Waals surface area contributed by atoms with Crippen molar-refractivity contribution >= 4 is 34.4 Å². The zero-order chi connectivity index (χ0) is 29.6. The van der Waals surface area contributed by atoms with E-state index in [1.54, 1.807) is 21.6 Å². The Balaban J connectivity index is 1.27. The minimum atomic E-state index is -0.530. The maximum Gasteiger partial charge on any atom is 0.317 e. The number of hydrogen-bond acceptors (Lipinski definition) is 5. The van der Waals surface area contributed by atoms with Crippen molar-refractivity contribution in [2.75, 3.05) is 31.6 Å². The number of nitrogens with zero attached hydrogens (tertiary/aromatic N) is 2. The van der Waals surface area contributed by atoms with Gasteiger partial charge in [0.25, 0.3) is 5.91 Å². The average Bonchev–Trinajstić information content (AvgIpc) is 3.26. The van der Waals surface area contributed by atoms with Gasteiger partial charge in [0, 0.05) is 53.9 Å². The molecule has 1 saturated carbocycles. The quantitative estimate of drug-likeness (QED) is 0.399. The number of amides is 3. The number of nitrogens with one attached hydrogen (secondary N) is 2. The summed E-state index contributed by atoms with van der Waals surface area (Å²) >= 11 is 0. The van der Waals surface area contributed by atoms with E-state index in [1.165, 1.54) is 12.1 Å². The van der Waals surface area contributed by atoms with E-state index in [9.17, 15) is 18.8 Å². The van der Waals surface area contributed by atoms with Crippen molar-refractivity contribution in [3.63, 3.8) is 0 Å². The molecule has 1 saturated heterocycles. The molecule has 2 aromatic carbocycles. The zero-order valence-corrected chi connectivity index (χ0v) is 24.2. The summed E-state index contributed by atoms with van der Waals surface area (Å²) in [4.78, 5) is 40.1. The van der Waals surface area contributed by atoms with Crippen molar-refractivity contribution in [2.24, 2.45) is 11.1 Å². The van der Waals surface area contributed by atoms with E-state index < -0.39 is 11.7 Å². The number of benzene rings is 2. The summed E-state index contributed by atoms with van der Waals surface area (Å²) in [6.45, 7) is 6.49. The third-order valence-electron chi connectivity index (χ3n) is 8.84. The molecule has 3 aromatic rings. The predicted octanol–water partition coefficient (Wildman–Crippen LogP) is 4.92.